The van der Waals surface area contributed by atoms with Crippen LogP contribution in [0.1, 0.15) is 51.0 Å². The maximum absolute atomic E-state index is 13.8. The number of hydrogen-bond donors (Lipinski definition) is 2. The van der Waals surface area contributed by atoms with Gasteiger partial charge in [-0.15, -0.1) is 0 Å². The minimum absolute atomic E-state index is 0.0275. The summed E-state index contributed by atoms with van der Waals surface area (Å²) in [6.45, 7) is 2.14. The first-order valence-electron chi connectivity index (χ1n) is 7.84. The van der Waals surface area contributed by atoms with Crippen LogP contribution in [0, 0.1) is 5.82 Å². The highest BCUT2D eigenvalue weighted by molar-refractivity contribution is 5.77. The van der Waals surface area contributed by atoms with Gasteiger partial charge in [0.2, 0.25) is 11.8 Å². The predicted molar refractivity (Wildman–Crippen MR) is 82.6 cm³/mol. The van der Waals surface area contributed by atoms with E-state index in [1.807, 2.05) is 0 Å². The van der Waals surface area contributed by atoms with Gasteiger partial charge in [0.15, 0.2) is 0 Å². The fourth-order valence-corrected chi connectivity index (χ4v) is 2.62. The fourth-order valence-electron chi connectivity index (χ4n) is 2.62. The lowest BCUT2D eigenvalue weighted by atomic mass is 10.0. The Labute approximate surface area is 130 Å². The SMILES string of the molecule is CC(=O)NCCCCCC(=O)NC1(c2ccccc2F)CC1. The zero-order valence-electron chi connectivity index (χ0n) is 13.0. The molecule has 0 spiro atoms. The van der Waals surface area contributed by atoms with E-state index in [2.05, 4.69) is 10.6 Å². The summed E-state index contributed by atoms with van der Waals surface area (Å²) in [4.78, 5) is 22.7. The number of carbonyl (C=O) groups excluding carboxylic acids is 2. The van der Waals surface area contributed by atoms with E-state index < -0.39 is 5.54 Å². The van der Waals surface area contributed by atoms with Crippen LogP contribution in [-0.4, -0.2) is 18.4 Å². The molecule has 1 aliphatic carbocycles. The van der Waals surface area contributed by atoms with E-state index in [0.717, 1.165) is 32.1 Å². The zero-order chi connectivity index (χ0) is 16.0. The maximum atomic E-state index is 13.8. The number of amides is 2. The van der Waals surface area contributed by atoms with E-state index in [1.54, 1.807) is 18.2 Å². The van der Waals surface area contributed by atoms with Crippen LogP contribution in [0.3, 0.4) is 0 Å². The Kier molecular flexibility index (Phi) is 5.52. The molecule has 120 valence electrons. The molecule has 1 aromatic carbocycles. The van der Waals surface area contributed by atoms with Crippen molar-refractivity contribution in [2.24, 2.45) is 0 Å². The first kappa shape index (κ1) is 16.5. The van der Waals surface area contributed by atoms with Crippen LogP contribution in [0.25, 0.3) is 0 Å². The van der Waals surface area contributed by atoms with Crippen molar-refractivity contribution in [1.29, 1.82) is 0 Å². The smallest absolute Gasteiger partial charge is 0.220 e. The Morgan fingerprint density at radius 3 is 2.55 bits per heavy atom. The summed E-state index contributed by atoms with van der Waals surface area (Å²) >= 11 is 0. The number of carbonyl (C=O) groups is 2. The summed E-state index contributed by atoms with van der Waals surface area (Å²) in [5, 5.41) is 5.71. The first-order chi connectivity index (χ1) is 10.5. The predicted octanol–water partition coefficient (Wildman–Crippen LogP) is 2.63. The van der Waals surface area contributed by atoms with E-state index >= 15 is 0 Å². The van der Waals surface area contributed by atoms with Crippen LogP contribution in [0.4, 0.5) is 4.39 Å². The summed E-state index contributed by atoms with van der Waals surface area (Å²) in [5.74, 6) is -0.311. The zero-order valence-corrected chi connectivity index (χ0v) is 13.0. The fraction of sp³-hybridized carbons (Fsp3) is 0.529. The number of benzene rings is 1. The van der Waals surface area contributed by atoms with E-state index in [4.69, 9.17) is 0 Å². The topological polar surface area (TPSA) is 58.2 Å². The molecule has 0 radical (unpaired) electrons. The van der Waals surface area contributed by atoms with Crippen LogP contribution in [0.15, 0.2) is 24.3 Å². The van der Waals surface area contributed by atoms with Crippen LogP contribution in [-0.2, 0) is 15.1 Å². The third-order valence-corrected chi connectivity index (χ3v) is 3.97. The normalized spacial score (nSPS) is 15.2. The molecule has 1 aliphatic rings. The summed E-state index contributed by atoms with van der Waals surface area (Å²) in [6, 6.07) is 6.64. The molecule has 2 rings (SSSR count). The molecule has 0 saturated heterocycles. The van der Waals surface area contributed by atoms with E-state index in [1.165, 1.54) is 13.0 Å². The van der Waals surface area contributed by atoms with Crippen molar-refractivity contribution in [1.82, 2.24) is 10.6 Å². The second-order valence-corrected chi connectivity index (χ2v) is 5.90. The Hall–Kier alpha value is -1.91. The molecule has 2 N–H and O–H groups in total. The van der Waals surface area contributed by atoms with Gasteiger partial charge in [-0.2, -0.15) is 0 Å². The standard InChI is InChI=1S/C17H23FN2O2/c1-13(21)19-12-6-2-3-9-16(22)20-17(10-11-17)14-7-4-5-8-15(14)18/h4-5,7-8H,2-3,6,9-12H2,1H3,(H,19,21)(H,20,22). The molecule has 5 heteroatoms. The Morgan fingerprint density at radius 1 is 1.18 bits per heavy atom. The summed E-state index contributed by atoms with van der Waals surface area (Å²) < 4.78 is 13.8. The third kappa shape index (κ3) is 4.55. The van der Waals surface area contributed by atoms with E-state index in [0.29, 0.717) is 18.5 Å². The van der Waals surface area contributed by atoms with Gasteiger partial charge in [0, 0.05) is 25.5 Å². The van der Waals surface area contributed by atoms with Gasteiger partial charge < -0.3 is 10.6 Å². The first-order valence-corrected chi connectivity index (χ1v) is 7.84. The van der Waals surface area contributed by atoms with Gasteiger partial charge in [-0.3, -0.25) is 9.59 Å². The van der Waals surface area contributed by atoms with Gasteiger partial charge in [0.05, 0.1) is 5.54 Å². The summed E-state index contributed by atoms with van der Waals surface area (Å²) in [7, 11) is 0. The highest BCUT2D eigenvalue weighted by Gasteiger charge is 2.47. The average molecular weight is 306 g/mol. The van der Waals surface area contributed by atoms with Gasteiger partial charge in [-0.25, -0.2) is 4.39 Å². The molecule has 1 fully saturated rings. The molecule has 1 saturated carbocycles. The van der Waals surface area contributed by atoms with Crippen LogP contribution in [0.2, 0.25) is 0 Å². The monoisotopic (exact) mass is 306 g/mol. The molecule has 0 heterocycles. The number of unbranched alkanes of at least 4 members (excludes halogenated alkanes) is 2. The molecular weight excluding hydrogens is 283 g/mol. The molecule has 0 aliphatic heterocycles. The summed E-state index contributed by atoms with van der Waals surface area (Å²) in [6.07, 6.45) is 4.56. The highest BCUT2D eigenvalue weighted by atomic mass is 19.1. The minimum Gasteiger partial charge on any atom is -0.356 e. The van der Waals surface area contributed by atoms with Crippen molar-refractivity contribution in [2.75, 3.05) is 6.54 Å². The van der Waals surface area contributed by atoms with Gasteiger partial charge in [-0.05, 0) is 31.7 Å². The second kappa shape index (κ2) is 7.38. The van der Waals surface area contributed by atoms with Crippen LogP contribution < -0.4 is 10.6 Å². The van der Waals surface area contributed by atoms with Crippen molar-refractivity contribution in [3.05, 3.63) is 35.6 Å². The molecule has 0 atom stereocenters. The lowest BCUT2D eigenvalue weighted by Gasteiger charge is -2.18. The van der Waals surface area contributed by atoms with Gasteiger partial charge in [-0.1, -0.05) is 24.6 Å². The van der Waals surface area contributed by atoms with Crippen molar-refractivity contribution in [3.63, 3.8) is 0 Å². The maximum Gasteiger partial charge on any atom is 0.220 e. The van der Waals surface area contributed by atoms with Crippen molar-refractivity contribution in [3.8, 4) is 0 Å². The van der Waals surface area contributed by atoms with Gasteiger partial charge in [0.1, 0.15) is 5.82 Å². The van der Waals surface area contributed by atoms with Crippen molar-refractivity contribution in [2.45, 2.75) is 51.0 Å². The number of hydrogen-bond acceptors (Lipinski definition) is 2. The molecule has 2 amide bonds. The lowest BCUT2D eigenvalue weighted by Crippen LogP contribution is -2.35. The van der Waals surface area contributed by atoms with Gasteiger partial charge >= 0.3 is 0 Å². The molecule has 4 nitrogen and oxygen atoms in total. The Bertz CT molecular complexity index is 541. The molecule has 22 heavy (non-hydrogen) atoms. The molecule has 0 aromatic heterocycles. The Balaban J connectivity index is 1.71. The van der Waals surface area contributed by atoms with Crippen molar-refractivity contribution < 1.29 is 14.0 Å². The average Bonchev–Trinajstić information content (AvgIpc) is 3.23. The van der Waals surface area contributed by atoms with E-state index in [-0.39, 0.29) is 17.6 Å². The molecule has 0 bridgehead atoms. The van der Waals surface area contributed by atoms with Gasteiger partial charge in [0.25, 0.3) is 0 Å². The molecule has 1 aromatic rings. The minimum atomic E-state index is -0.487. The van der Waals surface area contributed by atoms with Crippen LogP contribution in [0.5, 0.6) is 0 Å². The molecule has 0 unspecified atom stereocenters. The Morgan fingerprint density at radius 2 is 1.91 bits per heavy atom. The number of halogens is 1. The lowest BCUT2D eigenvalue weighted by molar-refractivity contribution is -0.122. The van der Waals surface area contributed by atoms with Crippen molar-refractivity contribution >= 4 is 11.8 Å². The number of rotatable bonds is 8. The van der Waals surface area contributed by atoms with E-state index in [9.17, 15) is 14.0 Å². The van der Waals surface area contributed by atoms with Crippen LogP contribution >= 0.6 is 0 Å². The molecular formula is C17H23FN2O2. The quantitative estimate of drug-likeness (QED) is 0.725. The number of nitrogens with one attached hydrogen (secondary N) is 2. The second-order valence-electron chi connectivity index (χ2n) is 5.90. The largest absolute Gasteiger partial charge is 0.356 e. The summed E-state index contributed by atoms with van der Waals surface area (Å²) in [5.41, 5.74) is 0.104. The third-order valence-electron chi connectivity index (χ3n) is 3.97. The highest BCUT2D eigenvalue weighted by Crippen LogP contribution is 2.46.